The molecule has 0 heterocycles. The highest BCUT2D eigenvalue weighted by Gasteiger charge is 2.44. The molecule has 0 aromatic rings. The number of carbonyl (C=O) groups is 2. The monoisotopic (exact) mass is 370 g/mol. The van der Waals surface area contributed by atoms with Crippen molar-refractivity contribution in [1.29, 1.82) is 0 Å². The number of methoxy groups -OCH3 is 1. The highest BCUT2D eigenvalue weighted by Crippen LogP contribution is 2.40. The Labute approximate surface area is 158 Å². The third kappa shape index (κ3) is 5.21. The second-order valence-electron chi connectivity index (χ2n) is 8.37. The molecule has 1 aliphatic rings. The van der Waals surface area contributed by atoms with Gasteiger partial charge in [0.15, 0.2) is 0 Å². The summed E-state index contributed by atoms with van der Waals surface area (Å²) in [5, 5.41) is 10.4. The lowest BCUT2D eigenvalue weighted by Crippen LogP contribution is -2.43. The van der Waals surface area contributed by atoms with Gasteiger partial charge in [0.1, 0.15) is 6.61 Å². The Morgan fingerprint density at radius 1 is 1.12 bits per heavy atom. The number of esters is 2. The number of aliphatic hydroxyl groups is 1. The van der Waals surface area contributed by atoms with Gasteiger partial charge >= 0.3 is 11.9 Å². The second kappa shape index (κ2) is 10.3. The van der Waals surface area contributed by atoms with Crippen LogP contribution < -0.4 is 0 Å². The van der Waals surface area contributed by atoms with Gasteiger partial charge in [-0.25, -0.2) is 0 Å². The van der Waals surface area contributed by atoms with E-state index < -0.39 is 11.5 Å². The first-order valence-electron chi connectivity index (χ1n) is 10.1. The topological polar surface area (TPSA) is 72.8 Å². The van der Waals surface area contributed by atoms with Gasteiger partial charge in [-0.15, -0.1) is 0 Å². The Bertz CT molecular complexity index is 449. The number of hydrogen-bond donors (Lipinski definition) is 1. The fourth-order valence-corrected chi connectivity index (χ4v) is 4.77. The van der Waals surface area contributed by atoms with E-state index in [4.69, 9.17) is 9.47 Å². The number of aliphatic hydroxyl groups excluding tert-OH is 1. The molecule has 1 saturated carbocycles. The van der Waals surface area contributed by atoms with Gasteiger partial charge in [0.2, 0.25) is 0 Å². The highest BCUT2D eigenvalue weighted by atomic mass is 16.5. The smallest absolute Gasteiger partial charge is 0.312 e. The molecule has 0 spiro atoms. The Kier molecular flexibility index (Phi) is 9.08. The lowest BCUT2D eigenvalue weighted by atomic mass is 9.67. The molecule has 1 fully saturated rings. The van der Waals surface area contributed by atoms with E-state index in [9.17, 15) is 14.7 Å². The standard InChI is InChI=1S/C21H38O5/c1-7-21(14(2)3,15(4)5)20(24)26-13-17(22)12-16-10-8-9-11-18(16)19(23)25-6/h14-18,22H,7-13H2,1-6H3. The molecule has 5 nitrogen and oxygen atoms in total. The molecule has 0 aromatic heterocycles. The molecular formula is C21H38O5. The maximum absolute atomic E-state index is 12.8. The van der Waals surface area contributed by atoms with Crippen LogP contribution in [0.15, 0.2) is 0 Å². The summed E-state index contributed by atoms with van der Waals surface area (Å²) >= 11 is 0. The number of hydrogen-bond acceptors (Lipinski definition) is 5. The molecule has 3 unspecified atom stereocenters. The van der Waals surface area contributed by atoms with Crippen LogP contribution in [0.5, 0.6) is 0 Å². The van der Waals surface area contributed by atoms with E-state index in [0.29, 0.717) is 12.8 Å². The molecule has 3 atom stereocenters. The van der Waals surface area contributed by atoms with Crippen molar-refractivity contribution in [2.45, 2.75) is 79.2 Å². The maximum Gasteiger partial charge on any atom is 0.312 e. The van der Waals surface area contributed by atoms with Gasteiger partial charge in [-0.3, -0.25) is 9.59 Å². The first-order valence-corrected chi connectivity index (χ1v) is 10.1. The number of carbonyl (C=O) groups excluding carboxylic acids is 2. The van der Waals surface area contributed by atoms with E-state index in [1.807, 2.05) is 34.6 Å². The average Bonchev–Trinajstić information content (AvgIpc) is 2.60. The molecule has 152 valence electrons. The summed E-state index contributed by atoms with van der Waals surface area (Å²) in [5.74, 6) is -0.143. The normalized spacial score (nSPS) is 22.3. The van der Waals surface area contributed by atoms with Crippen molar-refractivity contribution in [2.75, 3.05) is 13.7 Å². The number of rotatable bonds is 9. The van der Waals surface area contributed by atoms with E-state index in [0.717, 1.165) is 25.7 Å². The van der Waals surface area contributed by atoms with Crippen LogP contribution in [0.1, 0.15) is 73.1 Å². The van der Waals surface area contributed by atoms with Crippen molar-refractivity contribution in [1.82, 2.24) is 0 Å². The van der Waals surface area contributed by atoms with Crippen LogP contribution in [0, 0.1) is 29.1 Å². The van der Waals surface area contributed by atoms with Gasteiger partial charge < -0.3 is 14.6 Å². The third-order valence-corrected chi connectivity index (χ3v) is 6.42. The van der Waals surface area contributed by atoms with Crippen molar-refractivity contribution in [3.63, 3.8) is 0 Å². The van der Waals surface area contributed by atoms with E-state index in [-0.39, 0.29) is 42.2 Å². The summed E-state index contributed by atoms with van der Waals surface area (Å²) in [6.07, 6.45) is 4.22. The number of ether oxygens (including phenoxy) is 2. The van der Waals surface area contributed by atoms with Crippen molar-refractivity contribution in [3.8, 4) is 0 Å². The van der Waals surface area contributed by atoms with Crippen LogP contribution in [0.2, 0.25) is 0 Å². The molecule has 0 amide bonds. The van der Waals surface area contributed by atoms with Gasteiger partial charge in [-0.05, 0) is 43.4 Å². The summed E-state index contributed by atoms with van der Waals surface area (Å²) in [4.78, 5) is 24.7. The van der Waals surface area contributed by atoms with Crippen LogP contribution >= 0.6 is 0 Å². The molecule has 26 heavy (non-hydrogen) atoms. The first kappa shape index (κ1) is 22.9. The minimum absolute atomic E-state index is 0.00951. The minimum atomic E-state index is -0.747. The second-order valence-corrected chi connectivity index (χ2v) is 8.37. The Hall–Kier alpha value is -1.10. The summed E-state index contributed by atoms with van der Waals surface area (Å²) < 4.78 is 10.4. The zero-order chi connectivity index (χ0) is 19.9. The molecule has 0 radical (unpaired) electrons. The molecule has 1 aliphatic carbocycles. The van der Waals surface area contributed by atoms with Crippen LogP contribution in [0.25, 0.3) is 0 Å². The lowest BCUT2D eigenvalue weighted by molar-refractivity contribution is -0.167. The summed E-state index contributed by atoms with van der Waals surface area (Å²) in [7, 11) is 1.41. The average molecular weight is 371 g/mol. The summed E-state index contributed by atoms with van der Waals surface area (Å²) in [6, 6.07) is 0. The zero-order valence-electron chi connectivity index (χ0n) is 17.4. The van der Waals surface area contributed by atoms with Gasteiger partial charge in [0.05, 0.1) is 24.5 Å². The van der Waals surface area contributed by atoms with Crippen molar-refractivity contribution >= 4 is 11.9 Å². The lowest BCUT2D eigenvalue weighted by Gasteiger charge is -2.38. The molecule has 0 saturated heterocycles. The van der Waals surface area contributed by atoms with Crippen LogP contribution in [-0.4, -0.2) is 36.9 Å². The third-order valence-electron chi connectivity index (χ3n) is 6.42. The first-order chi connectivity index (χ1) is 12.2. The molecule has 0 aliphatic heterocycles. The molecule has 5 heteroatoms. The summed E-state index contributed by atoms with van der Waals surface area (Å²) in [6.45, 7) is 10.2. The fraction of sp³-hybridized carbons (Fsp3) is 0.905. The van der Waals surface area contributed by atoms with E-state index in [2.05, 4.69) is 0 Å². The van der Waals surface area contributed by atoms with Gasteiger partial charge in [-0.1, -0.05) is 47.5 Å². The molecular weight excluding hydrogens is 332 g/mol. The Balaban J connectivity index is 2.65. The van der Waals surface area contributed by atoms with Gasteiger partial charge in [-0.2, -0.15) is 0 Å². The quantitative estimate of drug-likeness (QED) is 0.622. The van der Waals surface area contributed by atoms with Gasteiger partial charge in [0, 0.05) is 0 Å². The zero-order valence-corrected chi connectivity index (χ0v) is 17.4. The van der Waals surface area contributed by atoms with Crippen molar-refractivity contribution in [3.05, 3.63) is 0 Å². The van der Waals surface area contributed by atoms with Crippen LogP contribution in [0.4, 0.5) is 0 Å². The summed E-state index contributed by atoms with van der Waals surface area (Å²) in [5.41, 5.74) is -0.529. The molecule has 0 bridgehead atoms. The molecule has 1 N–H and O–H groups in total. The van der Waals surface area contributed by atoms with Crippen molar-refractivity contribution in [2.24, 2.45) is 29.1 Å². The highest BCUT2D eigenvalue weighted by molar-refractivity contribution is 5.77. The predicted octanol–water partition coefficient (Wildman–Crippen LogP) is 3.97. The van der Waals surface area contributed by atoms with Crippen LogP contribution in [-0.2, 0) is 19.1 Å². The largest absolute Gasteiger partial charge is 0.469 e. The van der Waals surface area contributed by atoms with E-state index in [1.54, 1.807) is 0 Å². The maximum atomic E-state index is 12.8. The minimum Gasteiger partial charge on any atom is -0.469 e. The van der Waals surface area contributed by atoms with E-state index in [1.165, 1.54) is 7.11 Å². The Morgan fingerprint density at radius 2 is 1.69 bits per heavy atom. The van der Waals surface area contributed by atoms with Crippen LogP contribution in [0.3, 0.4) is 0 Å². The van der Waals surface area contributed by atoms with E-state index >= 15 is 0 Å². The van der Waals surface area contributed by atoms with Gasteiger partial charge in [0.25, 0.3) is 0 Å². The Morgan fingerprint density at radius 3 is 2.19 bits per heavy atom. The molecule has 0 aromatic carbocycles. The SMILES string of the molecule is CCC(C(=O)OCC(O)CC1CCCCC1C(=O)OC)(C(C)C)C(C)C. The fourth-order valence-electron chi connectivity index (χ4n) is 4.77. The predicted molar refractivity (Wildman–Crippen MR) is 101 cm³/mol. The molecule has 1 rings (SSSR count). The van der Waals surface area contributed by atoms with Crippen molar-refractivity contribution < 1.29 is 24.2 Å².